The lowest BCUT2D eigenvalue weighted by atomic mass is 9.98. The summed E-state index contributed by atoms with van der Waals surface area (Å²) < 4.78 is 0. The third-order valence-corrected chi connectivity index (χ3v) is 21.5. The Kier molecular flexibility index (Phi) is 45.0. The average molecular weight is 1690 g/mol. The molecule has 0 saturated carbocycles. The van der Waals surface area contributed by atoms with Gasteiger partial charge in [-0.1, -0.05) is 107 Å². The lowest BCUT2D eigenvalue weighted by molar-refractivity contribution is -0.149. The van der Waals surface area contributed by atoms with Crippen LogP contribution in [0.5, 0.6) is 11.5 Å². The van der Waals surface area contributed by atoms with Gasteiger partial charge in [0.25, 0.3) is 0 Å². The van der Waals surface area contributed by atoms with Gasteiger partial charge in [0.1, 0.15) is 90.0 Å². The monoisotopic (exact) mass is 1690 g/mol. The Morgan fingerprint density at radius 3 is 0.942 bits per heavy atom. The van der Waals surface area contributed by atoms with E-state index in [-0.39, 0.29) is 139 Å². The number of likely N-dealkylation sites (tertiary alicyclic amines) is 2. The van der Waals surface area contributed by atoms with Crippen molar-refractivity contribution in [2.75, 3.05) is 39.3 Å². The summed E-state index contributed by atoms with van der Waals surface area (Å²) in [5.41, 5.74) is 30.6. The predicted octanol–water partition coefficient (Wildman–Crippen LogP) is 1.23. The summed E-state index contributed by atoms with van der Waals surface area (Å²) in [6.45, 7) is 22.4. The van der Waals surface area contributed by atoms with Crippen LogP contribution in [0.3, 0.4) is 0 Å². The van der Waals surface area contributed by atoms with Gasteiger partial charge in [-0.15, -0.1) is 0 Å². The van der Waals surface area contributed by atoms with Crippen molar-refractivity contribution in [3.63, 3.8) is 0 Å². The van der Waals surface area contributed by atoms with Crippen LogP contribution in [0.25, 0.3) is 0 Å². The van der Waals surface area contributed by atoms with Gasteiger partial charge < -0.3 is 112 Å². The summed E-state index contributed by atoms with van der Waals surface area (Å²) in [6, 6.07) is -5.45. The molecule has 0 spiro atoms. The molecule has 0 bridgehead atoms. The Hall–Kier alpha value is -9.58. The number of nitrogens with one attached hydrogen (secondary N) is 11. The number of unbranched alkanes of at least 4 members (excludes halogenated alkanes) is 4. The van der Waals surface area contributed by atoms with Gasteiger partial charge in [-0.05, 0) is 219 Å². The van der Waals surface area contributed by atoms with Crippen molar-refractivity contribution in [3.05, 3.63) is 59.7 Å². The molecule has 2 aromatic rings. The third kappa shape index (κ3) is 34.5. The lowest BCUT2D eigenvalue weighted by Gasteiger charge is -2.32. The number of rotatable bonds is 54. The second kappa shape index (κ2) is 52.6. The number of carboxylic acids is 1. The first-order valence-corrected chi connectivity index (χ1v) is 43.1. The van der Waals surface area contributed by atoms with E-state index in [0.29, 0.717) is 81.9 Å². The van der Waals surface area contributed by atoms with Crippen LogP contribution in [-0.2, 0) is 80.0 Å². The number of benzene rings is 2. The normalized spacial score (nSPS) is 17.1. The van der Waals surface area contributed by atoms with E-state index in [9.17, 15) is 77.6 Å². The minimum atomic E-state index is -1.40. The first kappa shape index (κ1) is 103. The molecular weight excluding hydrogens is 1550 g/mol. The molecule has 0 unspecified atom stereocenters. The molecule has 4 rings (SSSR count). The summed E-state index contributed by atoms with van der Waals surface area (Å²) in [4.78, 5) is 204. The van der Waals surface area contributed by atoms with Crippen molar-refractivity contribution in [2.45, 2.75) is 303 Å². The van der Waals surface area contributed by atoms with E-state index in [2.05, 4.69) is 58.5 Å². The van der Waals surface area contributed by atoms with E-state index in [1.165, 1.54) is 34.1 Å². The van der Waals surface area contributed by atoms with Crippen LogP contribution < -0.4 is 87.2 Å². The Morgan fingerprint density at radius 1 is 0.350 bits per heavy atom. The Balaban J connectivity index is 1.60. The van der Waals surface area contributed by atoms with Crippen molar-refractivity contribution in [1.29, 1.82) is 0 Å². The first-order chi connectivity index (χ1) is 56.7. The molecule has 13 amide bonds. The van der Waals surface area contributed by atoms with Gasteiger partial charge in [0, 0.05) is 25.9 Å². The average Bonchev–Trinajstić information content (AvgIpc) is 1.67. The zero-order valence-corrected chi connectivity index (χ0v) is 72.6. The van der Waals surface area contributed by atoms with Crippen molar-refractivity contribution in [1.82, 2.24) is 68.3 Å². The fraction of sp³-hybridized carbons (Fsp3) is 0.694. The van der Waals surface area contributed by atoms with Crippen LogP contribution in [0.1, 0.15) is 216 Å². The van der Waals surface area contributed by atoms with Gasteiger partial charge in [0.2, 0.25) is 76.8 Å². The standard InChI is InChI=1S/C85H142N18O17/c1-48(2)43-62(95-72(106)58(23-13-17-37-86)93-80(114)69(90)51(7)8)76(110)91-60(25-15-19-39-88)75(109)101-71(53(11)12)82(116)99-66(47-55-31-35-57(105)36-32-55)83(117)102-41-21-27-67(102)79(113)97-64(45-50(5)6)77(111)92-61(26-16-20-40-89)74(108)100-70(52(9)10)81(115)94-59(24-14-18-38-87)73(107)96-63(44-49(3)4)78(112)98-65(46-54-29-33-56(104)34-30-54)84(118)103-42-22-28-68(103)85(119)120/h29-36,48-53,58-71,104-105H,13-28,37-47,86-90H2,1-12H3,(H,91,110)(H,92,111)(H,93,114)(H,94,115)(H,95,106)(H,96,107)(H,97,113)(H,98,112)(H,99,116)(H,100,108)(H,101,109)(H,119,120)/t58-,59-,60+,61-,62-,63-,64-,65+,66-,67-,68-,69-,70-,71-/m0/s1. The molecule has 0 aliphatic carbocycles. The molecule has 2 heterocycles. The van der Waals surface area contributed by atoms with Gasteiger partial charge in [-0.3, -0.25) is 62.3 Å². The summed E-state index contributed by atoms with van der Waals surface area (Å²) in [6.07, 6.45) is 4.82. The zero-order chi connectivity index (χ0) is 89.6. The highest BCUT2D eigenvalue weighted by Gasteiger charge is 2.44. The quantitative estimate of drug-likeness (QED) is 0.0414. The van der Waals surface area contributed by atoms with Crippen LogP contribution in [0.15, 0.2) is 48.5 Å². The van der Waals surface area contributed by atoms with Crippen LogP contribution in [0.2, 0.25) is 0 Å². The largest absolute Gasteiger partial charge is 0.508 e. The maximum absolute atomic E-state index is 15.3. The summed E-state index contributed by atoms with van der Waals surface area (Å²) in [7, 11) is 0. The van der Waals surface area contributed by atoms with Gasteiger partial charge in [-0.25, -0.2) is 4.79 Å². The maximum Gasteiger partial charge on any atom is 0.326 e. The molecule has 2 aliphatic rings. The van der Waals surface area contributed by atoms with E-state index >= 15 is 4.79 Å². The first-order valence-electron chi connectivity index (χ1n) is 43.1. The van der Waals surface area contributed by atoms with E-state index in [0.717, 1.165) is 0 Å². The van der Waals surface area contributed by atoms with Gasteiger partial charge in [0.15, 0.2) is 0 Å². The Labute approximate surface area is 707 Å². The molecular formula is C85H142N18O17. The fourth-order valence-electron chi connectivity index (χ4n) is 14.6. The number of nitrogens with two attached hydrogens (primary N) is 5. The van der Waals surface area contributed by atoms with Crippen LogP contribution in [-0.4, -0.2) is 232 Å². The molecule has 35 heteroatoms. The Bertz CT molecular complexity index is 3640. The van der Waals surface area contributed by atoms with E-state index < -0.39 is 179 Å². The molecule has 0 radical (unpaired) electrons. The van der Waals surface area contributed by atoms with Gasteiger partial charge in [-0.2, -0.15) is 0 Å². The van der Waals surface area contributed by atoms with Crippen molar-refractivity contribution in [3.8, 4) is 11.5 Å². The van der Waals surface area contributed by atoms with Crippen molar-refractivity contribution >= 4 is 82.8 Å². The molecule has 0 aromatic heterocycles. The number of aliphatic carboxylic acids is 1. The lowest BCUT2D eigenvalue weighted by Crippen LogP contribution is -2.62. The minimum absolute atomic E-state index is 0.0231. The topological polar surface area (TPSA) is 569 Å². The number of hydrogen-bond donors (Lipinski definition) is 19. The zero-order valence-electron chi connectivity index (χ0n) is 72.6. The van der Waals surface area contributed by atoms with Crippen LogP contribution >= 0.6 is 0 Å². The summed E-state index contributed by atoms with van der Waals surface area (Å²) in [5.74, 6) is -12.8. The molecule has 35 nitrogen and oxygen atoms in total. The highest BCUT2D eigenvalue weighted by Crippen LogP contribution is 2.25. The molecule has 24 N–H and O–H groups in total. The maximum atomic E-state index is 15.3. The highest BCUT2D eigenvalue weighted by atomic mass is 16.4. The Morgan fingerprint density at radius 2 is 0.625 bits per heavy atom. The minimum Gasteiger partial charge on any atom is -0.508 e. The van der Waals surface area contributed by atoms with Crippen LogP contribution in [0, 0.1) is 35.5 Å². The number of carboxylic acid groups (broad SMARTS) is 1. The number of hydrogen-bond acceptors (Lipinski definition) is 21. The molecule has 674 valence electrons. The summed E-state index contributed by atoms with van der Waals surface area (Å²) in [5, 5.41) is 61.1. The number of phenolic OH excluding ortho intramolecular Hbond substituents is 2. The number of aromatic hydroxyl groups is 2. The number of carbonyl (C=O) groups excluding carboxylic acids is 13. The third-order valence-electron chi connectivity index (χ3n) is 21.5. The highest BCUT2D eigenvalue weighted by molar-refractivity contribution is 6.00. The molecule has 2 aromatic carbocycles. The molecule has 2 saturated heterocycles. The van der Waals surface area contributed by atoms with E-state index in [1.807, 2.05) is 41.5 Å². The fourth-order valence-corrected chi connectivity index (χ4v) is 14.6. The van der Waals surface area contributed by atoms with Gasteiger partial charge in [0.05, 0.1) is 6.04 Å². The van der Waals surface area contributed by atoms with Crippen molar-refractivity contribution in [2.24, 2.45) is 64.2 Å². The predicted molar refractivity (Wildman–Crippen MR) is 454 cm³/mol. The van der Waals surface area contributed by atoms with E-state index in [4.69, 9.17) is 28.7 Å². The van der Waals surface area contributed by atoms with E-state index in [1.54, 1.807) is 65.8 Å². The number of nitrogens with zero attached hydrogens (tertiary/aromatic N) is 2. The SMILES string of the molecule is CC(C)C[C@H](NC(=O)[C@H](CCCCN)NC(=O)[C@@H](N)C(C)C)C(=O)N[C@H](CCCCN)C(=O)N[C@H](C(=O)N[C@@H](Cc1ccc(O)cc1)C(=O)N1CCC[C@H]1C(=O)N[C@@H](CC(C)C)C(=O)N[C@@H](CCCCN)C(=O)N[C@H](C(=O)N[C@@H](CCCCN)C(=O)N[C@@H](CC(C)C)C(=O)N[C@H](Cc1ccc(O)cc1)C(=O)N1CCC[C@H]1C(=O)O)C(C)C)C(C)C. The molecule has 2 fully saturated rings. The second-order valence-corrected chi connectivity index (χ2v) is 34.3. The number of carbonyl (C=O) groups is 14. The second-order valence-electron chi connectivity index (χ2n) is 34.3. The van der Waals surface area contributed by atoms with Gasteiger partial charge >= 0.3 is 5.97 Å². The van der Waals surface area contributed by atoms with Crippen LogP contribution in [0.4, 0.5) is 0 Å². The molecule has 120 heavy (non-hydrogen) atoms. The number of amides is 13. The smallest absolute Gasteiger partial charge is 0.326 e. The summed E-state index contributed by atoms with van der Waals surface area (Å²) >= 11 is 0. The van der Waals surface area contributed by atoms with Crippen molar-refractivity contribution < 1.29 is 82.4 Å². The molecule has 14 atom stereocenters. The number of phenols is 2. The molecule has 2 aliphatic heterocycles.